The van der Waals surface area contributed by atoms with E-state index in [1.807, 2.05) is 12.1 Å². The third-order valence-corrected chi connectivity index (χ3v) is 2.78. The number of aromatic nitrogens is 1. The van der Waals surface area contributed by atoms with Gasteiger partial charge in [0.05, 0.1) is 11.1 Å². The van der Waals surface area contributed by atoms with Crippen LogP contribution < -0.4 is 11.1 Å². The van der Waals surface area contributed by atoms with Crippen LogP contribution in [0.25, 0.3) is 10.9 Å². The molecule has 5 nitrogen and oxygen atoms in total. The first kappa shape index (κ1) is 13.3. The number of primary amides is 1. The van der Waals surface area contributed by atoms with E-state index in [-0.39, 0.29) is 24.0 Å². The van der Waals surface area contributed by atoms with Gasteiger partial charge in [0.25, 0.3) is 5.91 Å². The van der Waals surface area contributed by atoms with Gasteiger partial charge in [0.15, 0.2) is 0 Å². The van der Waals surface area contributed by atoms with Crippen LogP contribution in [-0.2, 0) is 4.79 Å². The number of amides is 2. The minimum Gasteiger partial charge on any atom is -0.370 e. The molecule has 0 aliphatic carbocycles. The summed E-state index contributed by atoms with van der Waals surface area (Å²) < 4.78 is 0. The molecule has 2 aromatic rings. The summed E-state index contributed by atoms with van der Waals surface area (Å²) in [6.45, 7) is 0.197. The zero-order chi connectivity index (χ0) is 13.8. The van der Waals surface area contributed by atoms with E-state index in [2.05, 4.69) is 10.3 Å². The zero-order valence-corrected chi connectivity index (χ0v) is 10.8. The van der Waals surface area contributed by atoms with E-state index in [1.165, 1.54) is 6.07 Å². The quantitative estimate of drug-likeness (QED) is 0.831. The number of fused-ring (bicyclic) bond motifs is 1. The number of benzene rings is 1. The minimum absolute atomic E-state index is 0.0997. The maximum absolute atomic E-state index is 12.0. The molecule has 0 atom stereocenters. The second-order valence-electron chi connectivity index (χ2n) is 3.98. The van der Waals surface area contributed by atoms with E-state index in [1.54, 1.807) is 12.1 Å². The van der Waals surface area contributed by atoms with Crippen molar-refractivity contribution in [1.29, 1.82) is 0 Å². The van der Waals surface area contributed by atoms with Crippen molar-refractivity contribution in [3.8, 4) is 0 Å². The highest BCUT2D eigenvalue weighted by Gasteiger charge is 2.12. The molecule has 0 aliphatic rings. The van der Waals surface area contributed by atoms with E-state index < -0.39 is 5.91 Å². The molecule has 3 N–H and O–H groups in total. The summed E-state index contributed by atoms with van der Waals surface area (Å²) >= 11 is 5.89. The van der Waals surface area contributed by atoms with Crippen molar-refractivity contribution in [1.82, 2.24) is 10.3 Å². The zero-order valence-electron chi connectivity index (χ0n) is 10.0. The highest BCUT2D eigenvalue weighted by molar-refractivity contribution is 6.30. The average molecular weight is 278 g/mol. The van der Waals surface area contributed by atoms with E-state index in [9.17, 15) is 9.59 Å². The van der Waals surface area contributed by atoms with Crippen LogP contribution in [-0.4, -0.2) is 23.3 Å². The van der Waals surface area contributed by atoms with Crippen LogP contribution in [0.5, 0.6) is 0 Å². The summed E-state index contributed by atoms with van der Waals surface area (Å²) in [6.07, 6.45) is 0.0997. The standard InChI is InChI=1S/C13H12ClN3O2/c14-11-7-9(13(19)16-6-5-12(15)18)8-3-1-2-4-10(8)17-11/h1-4,7H,5-6H2,(H2,15,18)(H,16,19). The number of hydrogen-bond donors (Lipinski definition) is 2. The largest absolute Gasteiger partial charge is 0.370 e. The monoisotopic (exact) mass is 277 g/mol. The molecule has 98 valence electrons. The van der Waals surface area contributed by atoms with Crippen LogP contribution in [0.15, 0.2) is 30.3 Å². The number of carbonyl (C=O) groups is 2. The van der Waals surface area contributed by atoms with Crippen LogP contribution in [0, 0.1) is 0 Å². The summed E-state index contributed by atoms with van der Waals surface area (Å²) in [6, 6.07) is 8.71. The van der Waals surface area contributed by atoms with Gasteiger partial charge in [-0.2, -0.15) is 0 Å². The molecule has 0 unspecified atom stereocenters. The van der Waals surface area contributed by atoms with Crippen LogP contribution in [0.2, 0.25) is 5.15 Å². The van der Waals surface area contributed by atoms with Crippen molar-refractivity contribution in [3.63, 3.8) is 0 Å². The van der Waals surface area contributed by atoms with Crippen molar-refractivity contribution in [3.05, 3.63) is 41.0 Å². The first-order valence-corrected chi connectivity index (χ1v) is 6.07. The number of pyridine rings is 1. The van der Waals surface area contributed by atoms with Crippen molar-refractivity contribution >= 4 is 34.3 Å². The molecule has 19 heavy (non-hydrogen) atoms. The molecule has 0 spiro atoms. The second kappa shape index (κ2) is 5.67. The molecule has 6 heteroatoms. The number of halogens is 1. The highest BCUT2D eigenvalue weighted by Crippen LogP contribution is 2.20. The van der Waals surface area contributed by atoms with Gasteiger partial charge in [-0.15, -0.1) is 0 Å². The molecule has 1 heterocycles. The SMILES string of the molecule is NC(=O)CCNC(=O)c1cc(Cl)nc2ccccc12. The summed E-state index contributed by atoms with van der Waals surface area (Å²) in [5, 5.41) is 3.58. The Labute approximate surface area is 114 Å². The normalized spacial score (nSPS) is 10.4. The molecule has 0 saturated heterocycles. The lowest BCUT2D eigenvalue weighted by molar-refractivity contribution is -0.117. The summed E-state index contributed by atoms with van der Waals surface area (Å²) in [4.78, 5) is 26.8. The average Bonchev–Trinajstić information content (AvgIpc) is 2.37. The number of nitrogens with two attached hydrogens (primary N) is 1. The van der Waals surface area contributed by atoms with Gasteiger partial charge in [0.2, 0.25) is 5.91 Å². The molecule has 0 fully saturated rings. The van der Waals surface area contributed by atoms with Crippen molar-refractivity contribution in [2.24, 2.45) is 5.73 Å². The molecular formula is C13H12ClN3O2. The molecule has 0 saturated carbocycles. The van der Waals surface area contributed by atoms with Gasteiger partial charge < -0.3 is 11.1 Å². The fraction of sp³-hybridized carbons (Fsp3) is 0.154. The molecule has 1 aromatic carbocycles. The lowest BCUT2D eigenvalue weighted by Gasteiger charge is -2.07. The molecule has 0 bridgehead atoms. The maximum atomic E-state index is 12.0. The fourth-order valence-corrected chi connectivity index (χ4v) is 1.93. The third kappa shape index (κ3) is 3.20. The predicted molar refractivity (Wildman–Crippen MR) is 72.9 cm³/mol. The van der Waals surface area contributed by atoms with Crippen molar-refractivity contribution in [2.75, 3.05) is 6.54 Å². The van der Waals surface area contributed by atoms with E-state index in [0.717, 1.165) is 0 Å². The Morgan fingerprint density at radius 1 is 1.32 bits per heavy atom. The van der Waals surface area contributed by atoms with Crippen LogP contribution >= 0.6 is 11.6 Å². The van der Waals surface area contributed by atoms with Crippen LogP contribution in [0.1, 0.15) is 16.8 Å². The Morgan fingerprint density at radius 2 is 2.05 bits per heavy atom. The number of para-hydroxylation sites is 1. The number of carbonyl (C=O) groups excluding carboxylic acids is 2. The molecule has 2 rings (SSSR count). The van der Waals surface area contributed by atoms with Gasteiger partial charge in [-0.3, -0.25) is 9.59 Å². The Balaban J connectivity index is 2.28. The molecule has 0 radical (unpaired) electrons. The smallest absolute Gasteiger partial charge is 0.252 e. The lowest BCUT2D eigenvalue weighted by atomic mass is 10.1. The van der Waals surface area contributed by atoms with Gasteiger partial charge in [-0.1, -0.05) is 29.8 Å². The number of rotatable bonds is 4. The second-order valence-corrected chi connectivity index (χ2v) is 4.37. The molecule has 2 amide bonds. The van der Waals surface area contributed by atoms with E-state index >= 15 is 0 Å². The van der Waals surface area contributed by atoms with Crippen molar-refractivity contribution < 1.29 is 9.59 Å². The van der Waals surface area contributed by atoms with Gasteiger partial charge in [0, 0.05) is 18.4 Å². The summed E-state index contributed by atoms with van der Waals surface area (Å²) in [5.41, 5.74) is 6.09. The first-order chi connectivity index (χ1) is 9.08. The Hall–Kier alpha value is -2.14. The van der Waals surface area contributed by atoms with Gasteiger partial charge in [0.1, 0.15) is 5.15 Å². The van der Waals surface area contributed by atoms with Crippen molar-refractivity contribution in [2.45, 2.75) is 6.42 Å². The topological polar surface area (TPSA) is 85.1 Å². The van der Waals surface area contributed by atoms with Gasteiger partial charge >= 0.3 is 0 Å². The molecule has 1 aromatic heterocycles. The lowest BCUT2D eigenvalue weighted by Crippen LogP contribution is -2.28. The number of nitrogens with zero attached hydrogens (tertiary/aromatic N) is 1. The van der Waals surface area contributed by atoms with Gasteiger partial charge in [-0.05, 0) is 12.1 Å². The van der Waals surface area contributed by atoms with Crippen LogP contribution in [0.4, 0.5) is 0 Å². The summed E-state index contributed by atoms with van der Waals surface area (Å²) in [7, 11) is 0. The summed E-state index contributed by atoms with van der Waals surface area (Å²) in [5.74, 6) is -0.764. The molecular weight excluding hydrogens is 266 g/mol. The number of nitrogens with one attached hydrogen (secondary N) is 1. The first-order valence-electron chi connectivity index (χ1n) is 5.69. The highest BCUT2D eigenvalue weighted by atomic mass is 35.5. The number of hydrogen-bond acceptors (Lipinski definition) is 3. The van der Waals surface area contributed by atoms with Gasteiger partial charge in [-0.25, -0.2) is 4.98 Å². The van der Waals surface area contributed by atoms with E-state index in [0.29, 0.717) is 16.5 Å². The minimum atomic E-state index is -0.460. The van der Waals surface area contributed by atoms with Crippen LogP contribution in [0.3, 0.4) is 0 Å². The maximum Gasteiger partial charge on any atom is 0.252 e. The Morgan fingerprint density at radius 3 is 2.79 bits per heavy atom. The van der Waals surface area contributed by atoms with E-state index in [4.69, 9.17) is 17.3 Å². The predicted octanol–water partition coefficient (Wildman–Crippen LogP) is 1.49. The molecule has 0 aliphatic heterocycles. The fourth-order valence-electron chi connectivity index (χ4n) is 1.73. The Bertz CT molecular complexity index is 643. The Kier molecular flexibility index (Phi) is 3.97. The third-order valence-electron chi connectivity index (χ3n) is 2.59.